The predicted molar refractivity (Wildman–Crippen MR) is 138 cm³/mol. The van der Waals surface area contributed by atoms with E-state index in [9.17, 15) is 4.79 Å². The Hall–Kier alpha value is -1.87. The van der Waals surface area contributed by atoms with E-state index in [1.54, 1.807) is 0 Å². The number of benzene rings is 3. The minimum absolute atomic E-state index is 0.189. The maximum atomic E-state index is 12.5. The lowest BCUT2D eigenvalue weighted by atomic mass is 10.1. The Balaban J connectivity index is 1.60. The molecule has 1 aliphatic rings. The SMILES string of the molecule is O=C1NC(=Nc2ccc(Br)cc2)S/C1=C\c1cc(Br)cc(Br)c1OCc1ccccc1. The highest BCUT2D eigenvalue weighted by atomic mass is 79.9. The van der Waals surface area contributed by atoms with Crippen molar-refractivity contribution in [2.45, 2.75) is 6.61 Å². The van der Waals surface area contributed by atoms with Crippen LogP contribution in [0.3, 0.4) is 0 Å². The molecule has 0 radical (unpaired) electrons. The van der Waals surface area contributed by atoms with Gasteiger partial charge in [-0.25, -0.2) is 4.99 Å². The summed E-state index contributed by atoms with van der Waals surface area (Å²) in [5.74, 6) is 0.484. The summed E-state index contributed by atoms with van der Waals surface area (Å²) in [6.45, 7) is 0.423. The molecule has 0 atom stereocenters. The third-order valence-corrected chi connectivity index (χ3v) is 6.74. The Bertz CT molecular complexity index is 1180. The van der Waals surface area contributed by atoms with Crippen LogP contribution in [0.15, 0.2) is 90.0 Å². The molecule has 0 unspecified atom stereocenters. The highest BCUT2D eigenvalue weighted by Crippen LogP contribution is 2.37. The van der Waals surface area contributed by atoms with Gasteiger partial charge in [-0.15, -0.1) is 0 Å². The zero-order valence-corrected chi connectivity index (χ0v) is 21.5. The maximum absolute atomic E-state index is 12.5. The number of ether oxygens (including phenoxy) is 1. The number of aliphatic imine (C=N–C) groups is 1. The van der Waals surface area contributed by atoms with Crippen molar-refractivity contribution in [2.24, 2.45) is 4.99 Å². The molecular formula is C23H15Br3N2O2S. The van der Waals surface area contributed by atoms with Crippen LogP contribution in [0.25, 0.3) is 6.08 Å². The van der Waals surface area contributed by atoms with Gasteiger partial charge in [-0.1, -0.05) is 62.2 Å². The van der Waals surface area contributed by atoms with E-state index >= 15 is 0 Å². The summed E-state index contributed by atoms with van der Waals surface area (Å²) >= 11 is 11.8. The summed E-state index contributed by atoms with van der Waals surface area (Å²) in [6.07, 6.45) is 1.82. The van der Waals surface area contributed by atoms with E-state index < -0.39 is 0 Å². The Morgan fingerprint density at radius 3 is 2.45 bits per heavy atom. The van der Waals surface area contributed by atoms with Gasteiger partial charge in [0.25, 0.3) is 5.91 Å². The molecule has 1 amide bonds. The van der Waals surface area contributed by atoms with Crippen LogP contribution >= 0.6 is 59.6 Å². The van der Waals surface area contributed by atoms with Gasteiger partial charge >= 0.3 is 0 Å². The van der Waals surface area contributed by atoms with Crippen molar-refractivity contribution in [1.82, 2.24) is 5.32 Å². The average Bonchev–Trinajstić information content (AvgIpc) is 3.08. The van der Waals surface area contributed by atoms with Gasteiger partial charge in [0.2, 0.25) is 0 Å². The molecule has 8 heteroatoms. The lowest BCUT2D eigenvalue weighted by Crippen LogP contribution is -2.19. The van der Waals surface area contributed by atoms with Crippen molar-refractivity contribution in [3.8, 4) is 5.75 Å². The summed E-state index contributed by atoms with van der Waals surface area (Å²) in [4.78, 5) is 17.6. The van der Waals surface area contributed by atoms with Crippen LogP contribution in [0.1, 0.15) is 11.1 Å². The lowest BCUT2D eigenvalue weighted by Gasteiger charge is -2.12. The molecule has 4 nitrogen and oxygen atoms in total. The van der Waals surface area contributed by atoms with Crippen LogP contribution in [0.4, 0.5) is 5.69 Å². The molecule has 0 aliphatic carbocycles. The smallest absolute Gasteiger partial charge is 0.264 e. The second kappa shape index (κ2) is 10.2. The summed E-state index contributed by atoms with van der Waals surface area (Å²) in [5.41, 5.74) is 2.62. The molecule has 4 rings (SSSR count). The van der Waals surface area contributed by atoms with Crippen molar-refractivity contribution < 1.29 is 9.53 Å². The van der Waals surface area contributed by atoms with E-state index in [2.05, 4.69) is 58.1 Å². The van der Waals surface area contributed by atoms with E-state index in [4.69, 9.17) is 4.74 Å². The maximum Gasteiger partial charge on any atom is 0.264 e. The third-order valence-electron chi connectivity index (χ3n) is 4.26. The first kappa shape index (κ1) is 22.3. The van der Waals surface area contributed by atoms with Crippen LogP contribution in [0.5, 0.6) is 5.75 Å². The number of carbonyl (C=O) groups excluding carboxylic acids is 1. The fourth-order valence-corrected chi connectivity index (χ4v) is 5.29. The van der Waals surface area contributed by atoms with Gasteiger partial charge in [-0.3, -0.25) is 4.79 Å². The minimum Gasteiger partial charge on any atom is -0.487 e. The average molecular weight is 623 g/mol. The Morgan fingerprint density at radius 2 is 1.71 bits per heavy atom. The number of nitrogens with zero attached hydrogens (tertiary/aromatic N) is 1. The summed E-state index contributed by atoms with van der Waals surface area (Å²) in [6, 6.07) is 21.4. The van der Waals surface area contributed by atoms with Crippen LogP contribution in [-0.2, 0) is 11.4 Å². The quantitative estimate of drug-likeness (QED) is 0.301. The number of rotatable bonds is 5. The van der Waals surface area contributed by atoms with Gasteiger partial charge in [-0.05, 0) is 75.7 Å². The normalized spacial score (nSPS) is 16.0. The van der Waals surface area contributed by atoms with E-state index in [-0.39, 0.29) is 5.91 Å². The number of nitrogens with one attached hydrogen (secondary N) is 1. The topological polar surface area (TPSA) is 50.7 Å². The van der Waals surface area contributed by atoms with Crippen LogP contribution < -0.4 is 10.1 Å². The summed E-state index contributed by atoms with van der Waals surface area (Å²) < 4.78 is 8.76. The second-order valence-electron chi connectivity index (χ2n) is 6.54. The number of hydrogen-bond acceptors (Lipinski definition) is 4. The molecular weight excluding hydrogens is 608 g/mol. The number of halogens is 3. The molecule has 1 aliphatic heterocycles. The molecule has 1 N–H and O–H groups in total. The third kappa shape index (κ3) is 5.88. The lowest BCUT2D eigenvalue weighted by molar-refractivity contribution is -0.115. The highest BCUT2D eigenvalue weighted by molar-refractivity contribution is 9.11. The monoisotopic (exact) mass is 620 g/mol. The number of thioether (sulfide) groups is 1. The largest absolute Gasteiger partial charge is 0.487 e. The van der Waals surface area contributed by atoms with Crippen LogP contribution in [0, 0.1) is 0 Å². The molecule has 1 heterocycles. The van der Waals surface area contributed by atoms with E-state index in [1.807, 2.05) is 72.8 Å². The first-order valence-corrected chi connectivity index (χ1v) is 12.4. The summed E-state index contributed by atoms with van der Waals surface area (Å²) in [5, 5.41) is 3.36. The molecule has 31 heavy (non-hydrogen) atoms. The molecule has 0 bridgehead atoms. The van der Waals surface area contributed by atoms with Gasteiger partial charge in [0.1, 0.15) is 12.4 Å². The van der Waals surface area contributed by atoms with Crippen molar-refractivity contribution in [2.75, 3.05) is 0 Å². The number of amidine groups is 1. The zero-order chi connectivity index (χ0) is 21.8. The van der Waals surface area contributed by atoms with E-state index in [1.165, 1.54) is 11.8 Å². The van der Waals surface area contributed by atoms with Gasteiger partial charge in [-0.2, -0.15) is 0 Å². The van der Waals surface area contributed by atoms with Gasteiger partial charge in [0.05, 0.1) is 15.1 Å². The minimum atomic E-state index is -0.189. The van der Waals surface area contributed by atoms with Crippen LogP contribution in [0.2, 0.25) is 0 Å². The van der Waals surface area contributed by atoms with Crippen molar-refractivity contribution in [3.63, 3.8) is 0 Å². The molecule has 1 fully saturated rings. The molecule has 3 aromatic carbocycles. The van der Waals surface area contributed by atoms with E-state index in [0.29, 0.717) is 22.4 Å². The van der Waals surface area contributed by atoms with Gasteiger partial charge in [0, 0.05) is 14.5 Å². The number of amides is 1. The second-order valence-corrected chi connectivity index (χ2v) is 10.3. The van der Waals surface area contributed by atoms with Crippen LogP contribution in [-0.4, -0.2) is 11.1 Å². The summed E-state index contributed by atoms with van der Waals surface area (Å²) in [7, 11) is 0. The standard InChI is InChI=1S/C23H15Br3N2O2S/c24-16-6-8-18(9-7-16)27-23-28-22(29)20(31-23)11-15-10-17(25)12-19(26)21(15)30-13-14-4-2-1-3-5-14/h1-12H,13H2,(H,27,28,29)/b20-11-. The Kier molecular flexibility index (Phi) is 7.32. The number of hydrogen-bond donors (Lipinski definition) is 1. The van der Waals surface area contributed by atoms with Gasteiger partial charge < -0.3 is 10.1 Å². The van der Waals surface area contributed by atoms with Crippen molar-refractivity contribution in [3.05, 3.63) is 96.2 Å². The van der Waals surface area contributed by atoms with Crippen molar-refractivity contribution in [1.29, 1.82) is 0 Å². The fourth-order valence-electron chi connectivity index (χ4n) is 2.82. The molecule has 0 saturated carbocycles. The molecule has 0 aromatic heterocycles. The first-order chi connectivity index (χ1) is 15.0. The molecule has 1 saturated heterocycles. The molecule has 3 aromatic rings. The first-order valence-electron chi connectivity index (χ1n) is 9.19. The van der Waals surface area contributed by atoms with E-state index in [0.717, 1.165) is 30.2 Å². The highest BCUT2D eigenvalue weighted by Gasteiger charge is 2.24. The Labute approximate surface area is 209 Å². The predicted octanol–water partition coefficient (Wildman–Crippen LogP) is 7.44. The molecule has 156 valence electrons. The zero-order valence-electron chi connectivity index (χ0n) is 15.9. The van der Waals surface area contributed by atoms with Gasteiger partial charge in [0.15, 0.2) is 5.17 Å². The van der Waals surface area contributed by atoms with Crippen molar-refractivity contribution >= 4 is 82.4 Å². The fraction of sp³-hybridized carbons (Fsp3) is 0.0435. The Morgan fingerprint density at radius 1 is 0.968 bits per heavy atom. The number of carbonyl (C=O) groups is 1. The molecule has 0 spiro atoms.